The van der Waals surface area contributed by atoms with Crippen LogP contribution in [0, 0.1) is 12.3 Å². The Kier molecular flexibility index (Phi) is 6.77. The van der Waals surface area contributed by atoms with Crippen molar-refractivity contribution < 1.29 is 0 Å². The molecule has 1 rings (SSSR count). The average molecular weight is 279 g/mol. The van der Waals surface area contributed by atoms with Gasteiger partial charge in [0.1, 0.15) is 0 Å². The van der Waals surface area contributed by atoms with Crippen molar-refractivity contribution in [3.8, 4) is 12.3 Å². The smallest absolute Gasteiger partial charge is 0.0791 e. The molecular weight excluding hydrogens is 256 g/mol. The normalized spacial score (nSPS) is 11.9. The fourth-order valence-corrected chi connectivity index (χ4v) is 2.37. The maximum absolute atomic E-state index is 6.39. The Bertz CT molecular complexity index is 437. The van der Waals surface area contributed by atoms with Crippen molar-refractivity contribution in [3.05, 3.63) is 28.8 Å². The maximum Gasteiger partial charge on any atom is 0.0791 e. The minimum atomic E-state index is 0.268. The highest BCUT2D eigenvalue weighted by Crippen LogP contribution is 2.27. The summed E-state index contributed by atoms with van der Waals surface area (Å²) in [5.41, 5.74) is 2.22. The van der Waals surface area contributed by atoms with Crippen molar-refractivity contribution in [2.24, 2.45) is 0 Å². The molecule has 3 heteroatoms. The molecule has 0 fully saturated rings. The standard InChI is InChI=1S/C16H23ClN2/c1-5-10-18-13(4)15-9-8-14(12-16(15)17)19(7-3)11-6-2/h2,8-9,12-13,18H,5,7,10-11H2,1,3-4H3. The zero-order chi connectivity index (χ0) is 14.3. The van der Waals surface area contributed by atoms with Gasteiger partial charge in [-0.15, -0.1) is 6.42 Å². The van der Waals surface area contributed by atoms with Crippen LogP contribution in [0.5, 0.6) is 0 Å². The zero-order valence-electron chi connectivity index (χ0n) is 12.0. The van der Waals surface area contributed by atoms with Crippen LogP contribution in [0.2, 0.25) is 5.02 Å². The molecule has 0 aromatic heterocycles. The van der Waals surface area contributed by atoms with E-state index in [4.69, 9.17) is 18.0 Å². The monoisotopic (exact) mass is 278 g/mol. The third kappa shape index (κ3) is 4.45. The van der Waals surface area contributed by atoms with Gasteiger partial charge >= 0.3 is 0 Å². The lowest BCUT2D eigenvalue weighted by molar-refractivity contribution is 0.571. The van der Waals surface area contributed by atoms with Crippen molar-refractivity contribution >= 4 is 17.3 Å². The minimum absolute atomic E-state index is 0.268. The highest BCUT2D eigenvalue weighted by Gasteiger charge is 2.11. The second-order valence-corrected chi connectivity index (χ2v) is 5.01. The van der Waals surface area contributed by atoms with Crippen LogP contribution < -0.4 is 10.2 Å². The minimum Gasteiger partial charge on any atom is -0.361 e. The number of terminal acetylenes is 1. The van der Waals surface area contributed by atoms with E-state index >= 15 is 0 Å². The molecule has 0 amide bonds. The Morgan fingerprint density at radius 2 is 2.16 bits per heavy atom. The molecule has 0 heterocycles. The van der Waals surface area contributed by atoms with Gasteiger partial charge in [-0.05, 0) is 44.5 Å². The van der Waals surface area contributed by atoms with E-state index in [-0.39, 0.29) is 6.04 Å². The van der Waals surface area contributed by atoms with Crippen molar-refractivity contribution in [1.29, 1.82) is 0 Å². The van der Waals surface area contributed by atoms with Gasteiger partial charge in [-0.3, -0.25) is 0 Å². The summed E-state index contributed by atoms with van der Waals surface area (Å²) in [5, 5.41) is 4.24. The van der Waals surface area contributed by atoms with Gasteiger partial charge in [0.25, 0.3) is 0 Å². The first-order chi connectivity index (χ1) is 9.13. The Hall–Kier alpha value is -1.17. The number of halogens is 1. The van der Waals surface area contributed by atoms with Gasteiger partial charge in [0, 0.05) is 23.3 Å². The molecule has 104 valence electrons. The first-order valence-corrected chi connectivity index (χ1v) is 7.23. The van der Waals surface area contributed by atoms with Crippen LogP contribution >= 0.6 is 11.6 Å². The first-order valence-electron chi connectivity index (χ1n) is 6.85. The van der Waals surface area contributed by atoms with E-state index in [2.05, 4.69) is 49.0 Å². The lowest BCUT2D eigenvalue weighted by Gasteiger charge is -2.22. The first kappa shape index (κ1) is 15.9. The number of anilines is 1. The molecule has 0 aliphatic rings. The molecule has 2 nitrogen and oxygen atoms in total. The lowest BCUT2D eigenvalue weighted by Crippen LogP contribution is -2.23. The van der Waals surface area contributed by atoms with E-state index in [0.717, 1.165) is 35.8 Å². The third-order valence-electron chi connectivity index (χ3n) is 3.18. The fraction of sp³-hybridized carbons (Fsp3) is 0.500. The average Bonchev–Trinajstić information content (AvgIpc) is 2.42. The van der Waals surface area contributed by atoms with Crippen LogP contribution in [0.15, 0.2) is 18.2 Å². The molecule has 0 radical (unpaired) electrons. The molecule has 0 saturated carbocycles. The number of nitrogens with zero attached hydrogens (tertiary/aromatic N) is 1. The van der Waals surface area contributed by atoms with Crippen LogP contribution in [0.25, 0.3) is 0 Å². The quantitative estimate of drug-likeness (QED) is 0.762. The summed E-state index contributed by atoms with van der Waals surface area (Å²) >= 11 is 6.39. The molecular formula is C16H23ClN2. The number of benzene rings is 1. The van der Waals surface area contributed by atoms with Crippen LogP contribution in [0.3, 0.4) is 0 Å². The number of nitrogens with one attached hydrogen (secondary N) is 1. The maximum atomic E-state index is 6.39. The summed E-state index contributed by atoms with van der Waals surface area (Å²) in [6, 6.07) is 6.45. The van der Waals surface area contributed by atoms with Crippen molar-refractivity contribution in [3.63, 3.8) is 0 Å². The molecule has 1 N–H and O–H groups in total. The molecule has 1 aromatic carbocycles. The Morgan fingerprint density at radius 3 is 2.68 bits per heavy atom. The summed E-state index contributed by atoms with van der Waals surface area (Å²) in [4.78, 5) is 2.12. The summed E-state index contributed by atoms with van der Waals surface area (Å²) < 4.78 is 0. The van der Waals surface area contributed by atoms with E-state index in [1.807, 2.05) is 6.07 Å². The third-order valence-corrected chi connectivity index (χ3v) is 3.51. The van der Waals surface area contributed by atoms with Gasteiger partial charge < -0.3 is 10.2 Å². The predicted octanol–water partition coefficient (Wildman–Crippen LogP) is 3.86. The number of rotatable bonds is 7. The largest absolute Gasteiger partial charge is 0.361 e. The zero-order valence-corrected chi connectivity index (χ0v) is 12.8. The van der Waals surface area contributed by atoms with E-state index < -0.39 is 0 Å². The van der Waals surface area contributed by atoms with E-state index in [0.29, 0.717) is 6.54 Å². The van der Waals surface area contributed by atoms with Gasteiger partial charge in [0.05, 0.1) is 6.54 Å². The Labute approximate surface area is 122 Å². The molecule has 19 heavy (non-hydrogen) atoms. The second-order valence-electron chi connectivity index (χ2n) is 4.60. The lowest BCUT2D eigenvalue weighted by atomic mass is 10.1. The predicted molar refractivity (Wildman–Crippen MR) is 84.9 cm³/mol. The molecule has 1 aromatic rings. The van der Waals surface area contributed by atoms with Crippen molar-refractivity contribution in [2.75, 3.05) is 24.5 Å². The summed E-state index contributed by atoms with van der Waals surface area (Å²) in [6.07, 6.45) is 6.50. The Balaban J connectivity index is 2.87. The van der Waals surface area contributed by atoms with Crippen molar-refractivity contribution in [1.82, 2.24) is 5.32 Å². The Morgan fingerprint density at radius 1 is 1.42 bits per heavy atom. The van der Waals surface area contributed by atoms with Crippen molar-refractivity contribution in [2.45, 2.75) is 33.2 Å². The van der Waals surface area contributed by atoms with Gasteiger partial charge in [-0.25, -0.2) is 0 Å². The fourth-order valence-electron chi connectivity index (χ4n) is 2.03. The highest BCUT2D eigenvalue weighted by molar-refractivity contribution is 6.31. The topological polar surface area (TPSA) is 15.3 Å². The van der Waals surface area contributed by atoms with Crippen LogP contribution in [0.4, 0.5) is 5.69 Å². The van der Waals surface area contributed by atoms with E-state index in [1.54, 1.807) is 0 Å². The van der Waals surface area contributed by atoms with Crippen LogP contribution in [-0.2, 0) is 0 Å². The van der Waals surface area contributed by atoms with Crippen LogP contribution in [-0.4, -0.2) is 19.6 Å². The van der Waals surface area contributed by atoms with Crippen LogP contribution in [0.1, 0.15) is 38.8 Å². The molecule has 1 atom stereocenters. The molecule has 0 aliphatic carbocycles. The molecule has 0 bridgehead atoms. The molecule has 0 spiro atoms. The summed E-state index contributed by atoms with van der Waals surface area (Å²) in [7, 11) is 0. The highest BCUT2D eigenvalue weighted by atomic mass is 35.5. The number of hydrogen-bond donors (Lipinski definition) is 1. The molecule has 1 unspecified atom stereocenters. The molecule has 0 saturated heterocycles. The summed E-state index contributed by atoms with van der Waals surface area (Å²) in [6.45, 7) is 8.86. The SMILES string of the molecule is C#CCN(CC)c1ccc(C(C)NCCC)c(Cl)c1. The van der Waals surface area contributed by atoms with E-state index in [1.165, 1.54) is 0 Å². The van der Waals surface area contributed by atoms with Gasteiger partial charge in [0.15, 0.2) is 0 Å². The van der Waals surface area contributed by atoms with Gasteiger partial charge in [-0.1, -0.05) is 30.5 Å². The van der Waals surface area contributed by atoms with Gasteiger partial charge in [-0.2, -0.15) is 0 Å². The molecule has 0 aliphatic heterocycles. The van der Waals surface area contributed by atoms with Gasteiger partial charge in [0.2, 0.25) is 0 Å². The van der Waals surface area contributed by atoms with E-state index in [9.17, 15) is 0 Å². The second kappa shape index (κ2) is 8.09. The number of hydrogen-bond acceptors (Lipinski definition) is 2. The summed E-state index contributed by atoms with van der Waals surface area (Å²) in [5.74, 6) is 2.67.